The molecule has 98 valence electrons. The molecule has 0 unspecified atom stereocenters. The highest BCUT2D eigenvalue weighted by atomic mass is 16.4. The minimum absolute atomic E-state index is 0.00258. The summed E-state index contributed by atoms with van der Waals surface area (Å²) in [7, 11) is 0. The molecule has 0 spiro atoms. The van der Waals surface area contributed by atoms with Crippen LogP contribution in [0, 0.1) is 5.41 Å². The zero-order valence-corrected chi connectivity index (χ0v) is 11.0. The zero-order valence-electron chi connectivity index (χ0n) is 11.0. The van der Waals surface area contributed by atoms with E-state index in [2.05, 4.69) is 5.32 Å². The van der Waals surface area contributed by atoms with Crippen LogP contribution in [0.25, 0.3) is 0 Å². The lowest BCUT2D eigenvalue weighted by Crippen LogP contribution is -2.32. The molecule has 0 radical (unpaired) electrons. The molecule has 1 aromatic rings. The number of nitrogens with one attached hydrogen (secondary N) is 1. The predicted molar refractivity (Wildman–Crippen MR) is 69.6 cm³/mol. The Bertz CT molecular complexity index is 447. The topological polar surface area (TPSA) is 66.4 Å². The molecule has 1 amide bonds. The van der Waals surface area contributed by atoms with E-state index in [4.69, 9.17) is 5.11 Å². The molecule has 4 nitrogen and oxygen atoms in total. The number of carboxylic acid groups (broad SMARTS) is 1. The molecule has 0 saturated carbocycles. The molecule has 0 atom stereocenters. The molecular formula is C14H19NO3. The van der Waals surface area contributed by atoms with Crippen LogP contribution in [0.4, 0.5) is 0 Å². The summed E-state index contributed by atoms with van der Waals surface area (Å²) in [6.45, 7) is 6.62. The summed E-state index contributed by atoms with van der Waals surface area (Å²) < 4.78 is 0. The molecule has 0 heterocycles. The first kappa shape index (κ1) is 14.2. The molecule has 18 heavy (non-hydrogen) atoms. The highest BCUT2D eigenvalue weighted by molar-refractivity contribution is 5.96. The third-order valence-corrected chi connectivity index (χ3v) is 2.38. The largest absolute Gasteiger partial charge is 0.481 e. The second-order valence-electron chi connectivity index (χ2n) is 5.47. The van der Waals surface area contributed by atoms with E-state index in [1.165, 1.54) is 0 Å². The van der Waals surface area contributed by atoms with Crippen molar-refractivity contribution in [2.45, 2.75) is 27.2 Å². The van der Waals surface area contributed by atoms with Crippen molar-refractivity contribution < 1.29 is 14.7 Å². The van der Waals surface area contributed by atoms with Gasteiger partial charge in [0, 0.05) is 12.1 Å². The first-order valence-electron chi connectivity index (χ1n) is 5.87. The van der Waals surface area contributed by atoms with E-state index < -0.39 is 5.97 Å². The number of rotatable bonds is 4. The minimum Gasteiger partial charge on any atom is -0.481 e. The Morgan fingerprint density at radius 2 is 1.83 bits per heavy atom. The molecule has 4 heteroatoms. The van der Waals surface area contributed by atoms with Crippen molar-refractivity contribution in [2.24, 2.45) is 5.41 Å². The van der Waals surface area contributed by atoms with Gasteiger partial charge in [-0.1, -0.05) is 39.0 Å². The van der Waals surface area contributed by atoms with Gasteiger partial charge in [-0.15, -0.1) is 0 Å². The Kier molecular flexibility index (Phi) is 4.48. The fourth-order valence-electron chi connectivity index (χ4n) is 1.50. The van der Waals surface area contributed by atoms with E-state index in [1.54, 1.807) is 24.3 Å². The van der Waals surface area contributed by atoms with Gasteiger partial charge in [-0.05, 0) is 17.0 Å². The molecule has 0 aliphatic heterocycles. The first-order chi connectivity index (χ1) is 8.29. The summed E-state index contributed by atoms with van der Waals surface area (Å²) in [4.78, 5) is 22.7. The molecule has 0 aromatic heterocycles. The van der Waals surface area contributed by atoms with E-state index >= 15 is 0 Å². The van der Waals surface area contributed by atoms with Gasteiger partial charge in [0.1, 0.15) is 0 Å². The quantitative estimate of drug-likeness (QED) is 0.858. The Morgan fingerprint density at radius 3 is 2.39 bits per heavy atom. The fourth-order valence-corrected chi connectivity index (χ4v) is 1.50. The van der Waals surface area contributed by atoms with Gasteiger partial charge in [0.05, 0.1) is 6.42 Å². The number of carbonyl (C=O) groups excluding carboxylic acids is 1. The normalized spacial score (nSPS) is 11.1. The number of hydrogen-bond acceptors (Lipinski definition) is 2. The van der Waals surface area contributed by atoms with Crippen LogP contribution in [0.5, 0.6) is 0 Å². The predicted octanol–water partition coefficient (Wildman–Crippen LogP) is 2.09. The maximum Gasteiger partial charge on any atom is 0.307 e. The summed E-state index contributed by atoms with van der Waals surface area (Å²) in [5.41, 5.74) is 0.970. The van der Waals surface area contributed by atoms with Crippen molar-refractivity contribution in [1.82, 2.24) is 5.32 Å². The fraction of sp³-hybridized carbons (Fsp3) is 0.429. The Labute approximate surface area is 107 Å². The van der Waals surface area contributed by atoms with E-state index in [1.807, 2.05) is 20.8 Å². The molecule has 0 fully saturated rings. The van der Waals surface area contributed by atoms with Crippen molar-refractivity contribution in [2.75, 3.05) is 6.54 Å². The summed E-state index contributed by atoms with van der Waals surface area (Å²) in [6, 6.07) is 6.78. The number of carbonyl (C=O) groups is 2. The molecule has 1 rings (SSSR count). The second kappa shape index (κ2) is 5.67. The average molecular weight is 249 g/mol. The van der Waals surface area contributed by atoms with E-state index in [-0.39, 0.29) is 17.7 Å². The van der Waals surface area contributed by atoms with Gasteiger partial charge in [-0.2, -0.15) is 0 Å². The number of hydrogen-bond donors (Lipinski definition) is 2. The second-order valence-corrected chi connectivity index (χ2v) is 5.47. The lowest BCUT2D eigenvalue weighted by molar-refractivity contribution is -0.136. The molecule has 0 aliphatic carbocycles. The van der Waals surface area contributed by atoms with Gasteiger partial charge in [-0.25, -0.2) is 0 Å². The maximum absolute atomic E-state index is 12.0. The zero-order chi connectivity index (χ0) is 13.8. The van der Waals surface area contributed by atoms with Crippen molar-refractivity contribution in [1.29, 1.82) is 0 Å². The number of carboxylic acids is 1. The van der Waals surface area contributed by atoms with Crippen LogP contribution >= 0.6 is 0 Å². The van der Waals surface area contributed by atoms with Crippen LogP contribution in [0.2, 0.25) is 0 Å². The monoisotopic (exact) mass is 249 g/mol. The molecule has 0 aliphatic rings. The van der Waals surface area contributed by atoms with Crippen LogP contribution in [-0.4, -0.2) is 23.5 Å². The SMILES string of the molecule is CC(C)(C)CNC(=O)c1ccccc1CC(=O)O. The standard InChI is InChI=1S/C14H19NO3/c1-14(2,3)9-15-13(18)11-7-5-4-6-10(11)8-12(16)17/h4-7H,8-9H2,1-3H3,(H,15,18)(H,16,17). The molecular weight excluding hydrogens is 230 g/mol. The van der Waals surface area contributed by atoms with Gasteiger partial charge in [-0.3, -0.25) is 9.59 Å². The molecule has 2 N–H and O–H groups in total. The highest BCUT2D eigenvalue weighted by Gasteiger charge is 2.16. The smallest absolute Gasteiger partial charge is 0.307 e. The lowest BCUT2D eigenvalue weighted by atomic mass is 9.96. The summed E-state index contributed by atoms with van der Waals surface area (Å²) in [6.07, 6.45) is -0.140. The summed E-state index contributed by atoms with van der Waals surface area (Å²) in [5, 5.41) is 11.6. The Balaban J connectivity index is 2.82. The van der Waals surface area contributed by atoms with Crippen molar-refractivity contribution in [3.05, 3.63) is 35.4 Å². The first-order valence-corrected chi connectivity index (χ1v) is 5.87. The van der Waals surface area contributed by atoms with Crippen LogP contribution in [0.15, 0.2) is 24.3 Å². The van der Waals surface area contributed by atoms with Crippen LogP contribution < -0.4 is 5.32 Å². The number of aliphatic carboxylic acids is 1. The Morgan fingerprint density at radius 1 is 1.22 bits per heavy atom. The van der Waals surface area contributed by atoms with Gasteiger partial charge in [0.25, 0.3) is 5.91 Å². The van der Waals surface area contributed by atoms with Gasteiger partial charge in [0.2, 0.25) is 0 Å². The summed E-state index contributed by atoms with van der Waals surface area (Å²) in [5.74, 6) is -1.16. The van der Waals surface area contributed by atoms with Crippen LogP contribution in [0.3, 0.4) is 0 Å². The third-order valence-electron chi connectivity index (χ3n) is 2.38. The maximum atomic E-state index is 12.0. The van der Waals surface area contributed by atoms with Gasteiger partial charge < -0.3 is 10.4 Å². The van der Waals surface area contributed by atoms with E-state index in [0.717, 1.165) is 0 Å². The third kappa shape index (κ3) is 4.57. The van der Waals surface area contributed by atoms with Crippen molar-refractivity contribution in [3.63, 3.8) is 0 Å². The molecule has 0 bridgehead atoms. The number of benzene rings is 1. The number of amides is 1. The average Bonchev–Trinajstić information content (AvgIpc) is 2.25. The lowest BCUT2D eigenvalue weighted by Gasteiger charge is -2.19. The molecule has 1 aromatic carbocycles. The van der Waals surface area contributed by atoms with Crippen molar-refractivity contribution in [3.8, 4) is 0 Å². The van der Waals surface area contributed by atoms with Gasteiger partial charge in [0.15, 0.2) is 0 Å². The minimum atomic E-state index is -0.939. The van der Waals surface area contributed by atoms with Gasteiger partial charge >= 0.3 is 5.97 Å². The van der Waals surface area contributed by atoms with E-state index in [0.29, 0.717) is 17.7 Å². The summed E-state index contributed by atoms with van der Waals surface area (Å²) >= 11 is 0. The van der Waals surface area contributed by atoms with E-state index in [9.17, 15) is 9.59 Å². The van der Waals surface area contributed by atoms with Crippen molar-refractivity contribution >= 4 is 11.9 Å². The Hall–Kier alpha value is -1.84. The highest BCUT2D eigenvalue weighted by Crippen LogP contribution is 2.13. The molecule has 0 saturated heterocycles. The van der Waals surface area contributed by atoms with Crippen LogP contribution in [0.1, 0.15) is 36.7 Å². The van der Waals surface area contributed by atoms with Crippen LogP contribution in [-0.2, 0) is 11.2 Å².